The van der Waals surface area contributed by atoms with Crippen molar-refractivity contribution in [1.82, 2.24) is 5.43 Å². The first-order chi connectivity index (χ1) is 14.9. The zero-order valence-electron chi connectivity index (χ0n) is 16.9. The van der Waals surface area contributed by atoms with Crippen LogP contribution >= 0.6 is 23.2 Å². The minimum atomic E-state index is -0.512. The molecule has 6 nitrogen and oxygen atoms in total. The molecule has 31 heavy (non-hydrogen) atoms. The van der Waals surface area contributed by atoms with E-state index in [0.717, 1.165) is 11.1 Å². The van der Waals surface area contributed by atoms with Crippen LogP contribution in [0.2, 0.25) is 10.0 Å². The molecule has 0 saturated heterocycles. The predicted octanol–water partition coefficient (Wildman–Crippen LogP) is 5.07. The van der Waals surface area contributed by atoms with E-state index in [-0.39, 0.29) is 22.8 Å². The van der Waals surface area contributed by atoms with Crippen molar-refractivity contribution in [2.75, 3.05) is 14.2 Å². The predicted molar refractivity (Wildman–Crippen MR) is 122 cm³/mol. The fourth-order valence-electron chi connectivity index (χ4n) is 2.93. The lowest BCUT2D eigenvalue weighted by Crippen LogP contribution is -2.18. The third-order valence-corrected chi connectivity index (χ3v) is 5.35. The summed E-state index contributed by atoms with van der Waals surface area (Å²) in [5.41, 5.74) is 5.09. The lowest BCUT2D eigenvalue weighted by atomic mass is 10.0. The van der Waals surface area contributed by atoms with Crippen LogP contribution in [0.4, 0.5) is 0 Å². The summed E-state index contributed by atoms with van der Waals surface area (Å²) in [4.78, 5) is 12.5. The Hall–Kier alpha value is -3.22. The number of ether oxygens (including phenoxy) is 2. The van der Waals surface area contributed by atoms with Gasteiger partial charge in [-0.15, -0.1) is 0 Å². The Kier molecular flexibility index (Phi) is 7.39. The van der Waals surface area contributed by atoms with Crippen molar-refractivity contribution in [1.29, 1.82) is 0 Å². The van der Waals surface area contributed by atoms with E-state index in [9.17, 15) is 9.90 Å². The molecule has 0 aliphatic rings. The standard InChI is InChI=1S/C23H20Cl2N2O4/c1-30-19-11-16(12-20(31-2)22(19)28)23(29)27-26-13-15-8-9-18(24)17(21(15)25)10-14-6-4-3-5-7-14/h3-9,11-13,28H,10H2,1-2H3,(H,27,29). The molecule has 3 aromatic rings. The molecule has 3 rings (SSSR count). The van der Waals surface area contributed by atoms with Gasteiger partial charge in [-0.05, 0) is 29.3 Å². The van der Waals surface area contributed by atoms with E-state index in [0.29, 0.717) is 22.0 Å². The molecular formula is C23H20Cl2N2O4. The van der Waals surface area contributed by atoms with Gasteiger partial charge in [-0.2, -0.15) is 5.10 Å². The molecule has 0 unspecified atom stereocenters. The van der Waals surface area contributed by atoms with Gasteiger partial charge < -0.3 is 14.6 Å². The molecule has 0 bridgehead atoms. The van der Waals surface area contributed by atoms with Crippen LogP contribution in [0.25, 0.3) is 0 Å². The molecule has 160 valence electrons. The molecule has 3 aromatic carbocycles. The molecule has 0 saturated carbocycles. The first-order valence-electron chi connectivity index (χ1n) is 9.23. The average Bonchev–Trinajstić information content (AvgIpc) is 2.78. The SMILES string of the molecule is COc1cc(C(=O)NN=Cc2ccc(Cl)c(Cc3ccccc3)c2Cl)cc(OC)c1O. The van der Waals surface area contributed by atoms with E-state index in [2.05, 4.69) is 10.5 Å². The molecule has 0 spiro atoms. The Balaban J connectivity index is 1.78. The van der Waals surface area contributed by atoms with Gasteiger partial charge in [0.05, 0.1) is 25.5 Å². The highest BCUT2D eigenvalue weighted by molar-refractivity contribution is 6.37. The van der Waals surface area contributed by atoms with Crippen LogP contribution in [0, 0.1) is 0 Å². The van der Waals surface area contributed by atoms with Crippen LogP contribution in [0.3, 0.4) is 0 Å². The minimum Gasteiger partial charge on any atom is -0.502 e. The number of methoxy groups -OCH3 is 2. The maximum atomic E-state index is 12.5. The zero-order chi connectivity index (χ0) is 22.4. The van der Waals surface area contributed by atoms with E-state index in [1.165, 1.54) is 32.6 Å². The summed E-state index contributed by atoms with van der Waals surface area (Å²) in [7, 11) is 2.76. The van der Waals surface area contributed by atoms with Gasteiger partial charge >= 0.3 is 0 Å². The van der Waals surface area contributed by atoms with Crippen molar-refractivity contribution in [2.24, 2.45) is 5.10 Å². The number of carbonyl (C=O) groups excluding carboxylic acids is 1. The molecule has 0 atom stereocenters. The second kappa shape index (κ2) is 10.2. The van der Waals surface area contributed by atoms with E-state index in [1.807, 2.05) is 30.3 Å². The summed E-state index contributed by atoms with van der Waals surface area (Å²) in [6.45, 7) is 0. The highest BCUT2D eigenvalue weighted by Gasteiger charge is 2.15. The van der Waals surface area contributed by atoms with Crippen molar-refractivity contribution in [3.63, 3.8) is 0 Å². The van der Waals surface area contributed by atoms with Crippen molar-refractivity contribution in [3.05, 3.63) is 86.9 Å². The molecule has 2 N–H and O–H groups in total. The number of hydrogen-bond donors (Lipinski definition) is 2. The number of phenolic OH excluding ortho intramolecular Hbond substituents is 1. The average molecular weight is 459 g/mol. The molecule has 0 radical (unpaired) electrons. The van der Waals surface area contributed by atoms with Crippen LogP contribution in [0.1, 0.15) is 27.0 Å². The van der Waals surface area contributed by atoms with Gasteiger partial charge in [-0.1, -0.05) is 59.6 Å². The molecule has 0 heterocycles. The number of benzene rings is 3. The number of nitrogens with zero attached hydrogens (tertiary/aromatic N) is 1. The number of rotatable bonds is 7. The van der Waals surface area contributed by atoms with Crippen molar-refractivity contribution in [3.8, 4) is 17.2 Å². The Morgan fingerprint density at radius 2 is 1.71 bits per heavy atom. The van der Waals surface area contributed by atoms with E-state index in [1.54, 1.807) is 12.1 Å². The number of nitrogens with one attached hydrogen (secondary N) is 1. The first kappa shape index (κ1) is 22.5. The van der Waals surface area contributed by atoms with Crippen molar-refractivity contribution in [2.45, 2.75) is 6.42 Å². The van der Waals surface area contributed by atoms with E-state index in [4.69, 9.17) is 32.7 Å². The monoisotopic (exact) mass is 458 g/mol. The third kappa shape index (κ3) is 5.29. The fraction of sp³-hybridized carbons (Fsp3) is 0.130. The third-order valence-electron chi connectivity index (χ3n) is 4.55. The lowest BCUT2D eigenvalue weighted by molar-refractivity contribution is 0.0954. The molecule has 1 amide bonds. The summed E-state index contributed by atoms with van der Waals surface area (Å²) < 4.78 is 10.1. The van der Waals surface area contributed by atoms with Gasteiger partial charge in [0.1, 0.15) is 0 Å². The van der Waals surface area contributed by atoms with Gasteiger partial charge in [-0.3, -0.25) is 4.79 Å². The Morgan fingerprint density at radius 3 is 2.32 bits per heavy atom. The van der Waals surface area contributed by atoms with Gasteiger partial charge in [0, 0.05) is 22.6 Å². The van der Waals surface area contributed by atoms with E-state index >= 15 is 0 Å². The van der Waals surface area contributed by atoms with Crippen LogP contribution in [0.5, 0.6) is 17.2 Å². The van der Waals surface area contributed by atoms with Crippen LogP contribution in [-0.2, 0) is 6.42 Å². The molecule has 0 aliphatic carbocycles. The smallest absolute Gasteiger partial charge is 0.271 e. The Labute approximate surface area is 190 Å². The topological polar surface area (TPSA) is 80.2 Å². The summed E-state index contributed by atoms with van der Waals surface area (Å²) >= 11 is 12.9. The van der Waals surface area contributed by atoms with Gasteiger partial charge in [0.2, 0.25) is 5.75 Å². The minimum absolute atomic E-state index is 0.111. The molecule has 8 heteroatoms. The normalized spacial score (nSPS) is 10.8. The van der Waals surface area contributed by atoms with Crippen molar-refractivity contribution < 1.29 is 19.4 Å². The fourth-order valence-corrected chi connectivity index (χ4v) is 3.48. The maximum Gasteiger partial charge on any atom is 0.271 e. The molecule has 0 fully saturated rings. The quantitative estimate of drug-likeness (QED) is 0.382. The number of hydrogen-bond acceptors (Lipinski definition) is 5. The number of phenols is 1. The van der Waals surface area contributed by atoms with Crippen LogP contribution in [-0.4, -0.2) is 31.4 Å². The van der Waals surface area contributed by atoms with Crippen molar-refractivity contribution >= 4 is 35.3 Å². The largest absolute Gasteiger partial charge is 0.502 e. The molecule has 0 aromatic heterocycles. The number of amides is 1. The number of carbonyl (C=O) groups is 1. The number of hydrazone groups is 1. The zero-order valence-corrected chi connectivity index (χ0v) is 18.4. The summed E-state index contributed by atoms with van der Waals surface area (Å²) in [5, 5.41) is 15.0. The van der Waals surface area contributed by atoms with Gasteiger partial charge in [0.25, 0.3) is 5.91 Å². The summed E-state index contributed by atoms with van der Waals surface area (Å²) in [6, 6.07) is 16.1. The number of aromatic hydroxyl groups is 1. The first-order valence-corrected chi connectivity index (χ1v) is 9.99. The second-order valence-electron chi connectivity index (χ2n) is 6.52. The molecular weight excluding hydrogens is 439 g/mol. The Morgan fingerprint density at radius 1 is 1.06 bits per heavy atom. The lowest BCUT2D eigenvalue weighted by Gasteiger charge is -2.11. The Bertz CT molecular complexity index is 1090. The van der Waals surface area contributed by atoms with E-state index < -0.39 is 5.91 Å². The highest BCUT2D eigenvalue weighted by atomic mass is 35.5. The second-order valence-corrected chi connectivity index (χ2v) is 7.31. The summed E-state index contributed by atoms with van der Waals surface area (Å²) in [5.74, 6) is -0.481. The van der Waals surface area contributed by atoms with Crippen LogP contribution in [0.15, 0.2) is 59.7 Å². The van der Waals surface area contributed by atoms with Gasteiger partial charge in [-0.25, -0.2) is 5.43 Å². The maximum absolute atomic E-state index is 12.5. The van der Waals surface area contributed by atoms with Gasteiger partial charge in [0.15, 0.2) is 11.5 Å². The number of halogens is 2. The van der Waals surface area contributed by atoms with Crippen LogP contribution < -0.4 is 14.9 Å². The highest BCUT2D eigenvalue weighted by Crippen LogP contribution is 2.37. The summed E-state index contributed by atoms with van der Waals surface area (Å²) in [6.07, 6.45) is 2.01. The molecule has 0 aliphatic heterocycles.